The summed E-state index contributed by atoms with van der Waals surface area (Å²) in [4.78, 5) is 66.3. The number of carbonyl (C=O) groups excluding carboxylic acids is 3. The number of nitrogens with zero attached hydrogens (tertiary/aromatic N) is 5. The minimum Gasteiger partial charge on any atom is -0.465 e. The van der Waals surface area contributed by atoms with E-state index < -0.39 is 17.7 Å². The smallest absolute Gasteiger partial charge is 0.408 e. The standard InChI is InChI=1S/C35H37N7O6S/c1-21-24(14-15-26(37-21)48-23-11-6-5-7-12-23)42-25-16-17-36-32-28(25)29(39-33(42)45)30(49-32)31(44)38-22-10-8-18-40(20-22)27(43)13-9-19-41(34(46)47)35(2,3)4/h5-7,9,11-17,22H,8,10,18-20H2,1-4H3,(H,38,44)(H,39,45)(H,46,47)/b13-9+/t22-/m1/s1. The Morgan fingerprint density at radius 2 is 1.92 bits per heavy atom. The maximum atomic E-state index is 13.7. The summed E-state index contributed by atoms with van der Waals surface area (Å²) in [6.07, 6.45) is 4.84. The highest BCUT2D eigenvalue weighted by atomic mass is 32.1. The van der Waals surface area contributed by atoms with Crippen molar-refractivity contribution in [3.8, 4) is 11.6 Å². The van der Waals surface area contributed by atoms with Crippen LogP contribution in [0.3, 0.4) is 0 Å². The number of pyridine rings is 2. The lowest BCUT2D eigenvalue weighted by atomic mass is 10.0. The highest BCUT2D eigenvalue weighted by molar-refractivity contribution is 7.21. The third kappa shape index (κ3) is 7.04. The molecular weight excluding hydrogens is 646 g/mol. The van der Waals surface area contributed by atoms with Crippen molar-refractivity contribution in [2.75, 3.05) is 29.9 Å². The van der Waals surface area contributed by atoms with Crippen LogP contribution >= 0.6 is 11.3 Å². The zero-order valence-electron chi connectivity index (χ0n) is 27.6. The van der Waals surface area contributed by atoms with Crippen LogP contribution in [-0.4, -0.2) is 80.0 Å². The number of urea groups is 1. The Kier molecular flexibility index (Phi) is 9.24. The fourth-order valence-corrected chi connectivity index (χ4v) is 6.99. The lowest BCUT2D eigenvalue weighted by Crippen LogP contribution is -2.49. The molecule has 3 N–H and O–H groups in total. The first-order valence-electron chi connectivity index (χ1n) is 15.9. The van der Waals surface area contributed by atoms with Gasteiger partial charge in [-0.2, -0.15) is 0 Å². The Bertz CT molecular complexity index is 1960. The number of rotatable bonds is 8. The van der Waals surface area contributed by atoms with E-state index in [1.807, 2.05) is 30.3 Å². The number of aryl methyl sites for hydroxylation is 1. The zero-order valence-corrected chi connectivity index (χ0v) is 28.4. The Morgan fingerprint density at radius 1 is 1.14 bits per heavy atom. The molecule has 2 aliphatic rings. The minimum atomic E-state index is -1.06. The number of anilines is 3. The van der Waals surface area contributed by atoms with Crippen molar-refractivity contribution < 1.29 is 29.0 Å². The quantitative estimate of drug-likeness (QED) is 0.177. The molecule has 14 heteroatoms. The van der Waals surface area contributed by atoms with E-state index >= 15 is 0 Å². The molecule has 1 aromatic carbocycles. The van der Waals surface area contributed by atoms with E-state index in [0.29, 0.717) is 75.4 Å². The molecule has 0 spiro atoms. The third-order valence-electron chi connectivity index (χ3n) is 8.35. The Morgan fingerprint density at radius 3 is 2.63 bits per heavy atom. The fourth-order valence-electron chi connectivity index (χ4n) is 5.97. The predicted molar refractivity (Wildman–Crippen MR) is 187 cm³/mol. The summed E-state index contributed by atoms with van der Waals surface area (Å²) in [6.45, 7) is 8.07. The van der Waals surface area contributed by atoms with Crippen LogP contribution in [0, 0.1) is 6.92 Å². The Balaban J connectivity index is 1.17. The Hall–Kier alpha value is -5.50. The lowest BCUT2D eigenvalue weighted by molar-refractivity contribution is -0.127. The van der Waals surface area contributed by atoms with Crippen LogP contribution in [0.25, 0.3) is 10.2 Å². The minimum absolute atomic E-state index is 0.0799. The maximum absolute atomic E-state index is 13.7. The number of piperidine rings is 1. The van der Waals surface area contributed by atoms with Crippen molar-refractivity contribution in [1.82, 2.24) is 25.1 Å². The van der Waals surface area contributed by atoms with Crippen molar-refractivity contribution in [1.29, 1.82) is 0 Å². The first kappa shape index (κ1) is 33.4. The molecular formula is C35H37N7O6S. The van der Waals surface area contributed by atoms with Gasteiger partial charge in [0.25, 0.3) is 5.91 Å². The molecule has 3 aromatic heterocycles. The van der Waals surface area contributed by atoms with Gasteiger partial charge >= 0.3 is 12.1 Å². The van der Waals surface area contributed by atoms with Crippen LogP contribution in [0.4, 0.5) is 26.7 Å². The van der Waals surface area contributed by atoms with Crippen LogP contribution in [0.5, 0.6) is 11.6 Å². The average Bonchev–Trinajstić information content (AvgIpc) is 3.43. The largest absolute Gasteiger partial charge is 0.465 e. The highest BCUT2D eigenvalue weighted by Gasteiger charge is 2.34. The molecule has 0 aliphatic carbocycles. The van der Waals surface area contributed by atoms with E-state index in [4.69, 9.17) is 4.74 Å². The van der Waals surface area contributed by atoms with Crippen molar-refractivity contribution in [2.45, 2.75) is 52.1 Å². The Labute approximate surface area is 287 Å². The third-order valence-corrected chi connectivity index (χ3v) is 9.44. The molecule has 49 heavy (non-hydrogen) atoms. The van der Waals surface area contributed by atoms with E-state index in [1.54, 1.807) is 63.1 Å². The molecule has 13 nitrogen and oxygen atoms in total. The monoisotopic (exact) mass is 683 g/mol. The van der Waals surface area contributed by atoms with Gasteiger partial charge in [-0.25, -0.2) is 19.6 Å². The van der Waals surface area contributed by atoms with Crippen molar-refractivity contribution in [3.63, 3.8) is 0 Å². The molecule has 4 aromatic rings. The number of ether oxygens (including phenoxy) is 1. The summed E-state index contributed by atoms with van der Waals surface area (Å²) in [5.41, 5.74) is 1.49. The SMILES string of the molecule is Cc1nc(Oc2ccccc2)ccc1N1C(=O)Nc2c(C(=O)N[C@@H]3CCCN(C(=O)/C=C/CN(C(=O)O)C(C)(C)C)C3)sc3nccc1c23. The molecule has 0 unspecified atom stereocenters. The number of benzene rings is 1. The number of carboxylic acid groups (broad SMARTS) is 1. The van der Waals surface area contributed by atoms with Gasteiger partial charge in [-0.1, -0.05) is 24.3 Å². The van der Waals surface area contributed by atoms with Gasteiger partial charge in [0.2, 0.25) is 11.8 Å². The fraction of sp³-hybridized carbons (Fsp3) is 0.314. The average molecular weight is 684 g/mol. The van der Waals surface area contributed by atoms with Gasteiger partial charge in [0.15, 0.2) is 0 Å². The van der Waals surface area contributed by atoms with Gasteiger partial charge in [0, 0.05) is 49.6 Å². The van der Waals surface area contributed by atoms with E-state index in [1.165, 1.54) is 27.2 Å². The van der Waals surface area contributed by atoms with Crippen molar-refractivity contribution in [2.24, 2.45) is 0 Å². The van der Waals surface area contributed by atoms with Crippen molar-refractivity contribution in [3.05, 3.63) is 77.5 Å². The molecule has 1 fully saturated rings. The van der Waals surface area contributed by atoms with Crippen LogP contribution in [0.15, 0.2) is 66.9 Å². The predicted octanol–water partition coefficient (Wildman–Crippen LogP) is 6.53. The highest BCUT2D eigenvalue weighted by Crippen LogP contribution is 2.46. The summed E-state index contributed by atoms with van der Waals surface area (Å²) in [5.74, 6) is 0.424. The summed E-state index contributed by atoms with van der Waals surface area (Å²) in [7, 11) is 0. The van der Waals surface area contributed by atoms with Crippen LogP contribution in [0.1, 0.15) is 49.0 Å². The van der Waals surface area contributed by atoms with E-state index in [9.17, 15) is 24.3 Å². The molecule has 2 aliphatic heterocycles. The van der Waals surface area contributed by atoms with Crippen molar-refractivity contribution >= 4 is 62.6 Å². The number of thiophene rings is 1. The van der Waals surface area contributed by atoms with Gasteiger partial charge in [0.1, 0.15) is 15.5 Å². The number of aromatic nitrogens is 2. The second-order valence-electron chi connectivity index (χ2n) is 12.8. The molecule has 1 saturated heterocycles. The molecule has 0 radical (unpaired) electrons. The molecule has 0 bridgehead atoms. The molecule has 5 heterocycles. The molecule has 5 amide bonds. The van der Waals surface area contributed by atoms with Crippen LogP contribution in [0.2, 0.25) is 0 Å². The number of nitrogens with one attached hydrogen (secondary N) is 2. The topological polar surface area (TPSA) is 157 Å². The van der Waals surface area contributed by atoms with Gasteiger partial charge in [-0.15, -0.1) is 11.3 Å². The van der Waals surface area contributed by atoms with Crippen LogP contribution in [-0.2, 0) is 4.79 Å². The number of para-hydroxylation sites is 1. The maximum Gasteiger partial charge on any atom is 0.408 e. The summed E-state index contributed by atoms with van der Waals surface area (Å²) >= 11 is 1.19. The molecule has 6 rings (SSSR count). The van der Waals surface area contributed by atoms with Gasteiger partial charge in [-0.05, 0) is 64.8 Å². The van der Waals surface area contributed by atoms with Gasteiger partial charge in [0.05, 0.1) is 28.1 Å². The van der Waals surface area contributed by atoms with Gasteiger partial charge in [-0.3, -0.25) is 19.4 Å². The molecule has 0 saturated carbocycles. The summed E-state index contributed by atoms with van der Waals surface area (Å²) in [5, 5.41) is 16.1. The zero-order chi connectivity index (χ0) is 34.9. The summed E-state index contributed by atoms with van der Waals surface area (Å²) in [6, 6.07) is 13.8. The molecule has 1 atom stereocenters. The van der Waals surface area contributed by atoms with Gasteiger partial charge < -0.3 is 25.4 Å². The number of likely N-dealkylation sites (tertiary alicyclic amines) is 1. The second-order valence-corrected chi connectivity index (χ2v) is 13.8. The first-order valence-corrected chi connectivity index (χ1v) is 16.7. The number of carbonyl (C=O) groups is 4. The normalized spacial score (nSPS) is 16.1. The lowest BCUT2D eigenvalue weighted by Gasteiger charge is -2.33. The number of hydrogen-bond donors (Lipinski definition) is 3. The van der Waals surface area contributed by atoms with E-state index in [2.05, 4.69) is 20.6 Å². The molecule has 254 valence electrons. The number of amides is 5. The van der Waals surface area contributed by atoms with E-state index in [0.717, 1.165) is 0 Å². The number of hydrogen-bond acceptors (Lipinski definition) is 8. The first-order chi connectivity index (χ1) is 23.4. The van der Waals surface area contributed by atoms with Crippen LogP contribution < -0.4 is 20.3 Å². The second kappa shape index (κ2) is 13.5. The van der Waals surface area contributed by atoms with E-state index in [-0.39, 0.29) is 24.4 Å². The summed E-state index contributed by atoms with van der Waals surface area (Å²) < 4.78 is 5.87.